The lowest BCUT2D eigenvalue weighted by Gasteiger charge is -2.29. The fraction of sp³-hybridized carbons (Fsp3) is 0.444. The molecule has 1 heterocycles. The van der Waals surface area contributed by atoms with Gasteiger partial charge in [0, 0.05) is 30.9 Å². The number of ether oxygens (including phenoxy) is 2. The third-order valence-electron chi connectivity index (χ3n) is 4.18. The highest BCUT2D eigenvalue weighted by molar-refractivity contribution is 6.11. The van der Waals surface area contributed by atoms with Gasteiger partial charge in [-0.25, -0.2) is 4.39 Å². The SMILES string of the molecule is Cc1ccc(OCC2CCC(CNC(=O)/C(C=N)=C/N)OC2)cc1F. The van der Waals surface area contributed by atoms with E-state index in [2.05, 4.69) is 5.32 Å². The van der Waals surface area contributed by atoms with Crippen molar-refractivity contribution in [1.29, 1.82) is 5.41 Å². The van der Waals surface area contributed by atoms with Crippen molar-refractivity contribution < 1.29 is 18.7 Å². The van der Waals surface area contributed by atoms with Crippen molar-refractivity contribution >= 4 is 12.1 Å². The maximum atomic E-state index is 13.5. The van der Waals surface area contributed by atoms with Crippen LogP contribution in [0, 0.1) is 24.1 Å². The second kappa shape index (κ2) is 9.17. The molecule has 2 atom stereocenters. The number of carbonyl (C=O) groups is 1. The zero-order valence-electron chi connectivity index (χ0n) is 14.3. The molecule has 1 aromatic rings. The maximum absolute atomic E-state index is 13.5. The van der Waals surface area contributed by atoms with E-state index in [0.717, 1.165) is 25.3 Å². The normalized spacial score (nSPS) is 20.8. The number of hydrogen-bond donors (Lipinski definition) is 3. The number of halogens is 1. The molecule has 1 saturated heterocycles. The zero-order chi connectivity index (χ0) is 18.2. The fourth-order valence-electron chi connectivity index (χ4n) is 2.53. The Bertz CT molecular complexity index is 640. The molecule has 0 aliphatic carbocycles. The van der Waals surface area contributed by atoms with Crippen molar-refractivity contribution in [3.63, 3.8) is 0 Å². The van der Waals surface area contributed by atoms with Gasteiger partial charge < -0.3 is 25.9 Å². The zero-order valence-corrected chi connectivity index (χ0v) is 14.3. The number of amides is 1. The Hall–Kier alpha value is -2.41. The van der Waals surface area contributed by atoms with Crippen LogP contribution < -0.4 is 15.8 Å². The van der Waals surface area contributed by atoms with Gasteiger partial charge in [-0.1, -0.05) is 6.07 Å². The largest absolute Gasteiger partial charge is 0.493 e. The fourth-order valence-corrected chi connectivity index (χ4v) is 2.53. The summed E-state index contributed by atoms with van der Waals surface area (Å²) in [5.41, 5.74) is 5.98. The van der Waals surface area contributed by atoms with E-state index in [1.54, 1.807) is 19.1 Å². The summed E-state index contributed by atoms with van der Waals surface area (Å²) in [6.07, 6.45) is 3.65. The molecular weight excluding hydrogens is 325 g/mol. The molecule has 2 rings (SSSR count). The molecule has 0 aromatic heterocycles. The van der Waals surface area contributed by atoms with Crippen LogP contribution >= 0.6 is 0 Å². The maximum Gasteiger partial charge on any atom is 0.254 e. The predicted octanol–water partition coefficient (Wildman–Crippen LogP) is 1.92. The summed E-state index contributed by atoms with van der Waals surface area (Å²) in [5.74, 6) is 0.0969. The van der Waals surface area contributed by atoms with Crippen LogP contribution in [0.2, 0.25) is 0 Å². The molecule has 0 radical (unpaired) electrons. The van der Waals surface area contributed by atoms with E-state index < -0.39 is 0 Å². The Kier molecular flexibility index (Phi) is 6.94. The first-order valence-corrected chi connectivity index (χ1v) is 8.24. The Balaban J connectivity index is 1.70. The summed E-state index contributed by atoms with van der Waals surface area (Å²) in [4.78, 5) is 11.7. The van der Waals surface area contributed by atoms with Gasteiger partial charge in [-0.3, -0.25) is 4.79 Å². The number of aryl methyl sites for hydroxylation is 1. The van der Waals surface area contributed by atoms with Crippen LogP contribution in [0.15, 0.2) is 30.0 Å². The van der Waals surface area contributed by atoms with Crippen molar-refractivity contribution in [3.8, 4) is 5.75 Å². The number of rotatable bonds is 7. The lowest BCUT2D eigenvalue weighted by Crippen LogP contribution is -2.39. The molecular formula is C18H24FN3O3. The van der Waals surface area contributed by atoms with Crippen LogP contribution in [0.3, 0.4) is 0 Å². The lowest BCUT2D eigenvalue weighted by atomic mass is 9.99. The second-order valence-corrected chi connectivity index (χ2v) is 6.10. The standard InChI is InChI=1S/C18H24FN3O3/c1-12-2-4-15(6-17(12)19)24-10-13-3-5-16(25-11-13)9-22-18(23)14(7-20)8-21/h2,4,6-8,13,16,20H,3,5,9-11,21H2,1H3,(H,22,23)/b14-8+,20-7?. The molecule has 0 bridgehead atoms. The van der Waals surface area contributed by atoms with Crippen LogP contribution in [0.25, 0.3) is 0 Å². The van der Waals surface area contributed by atoms with Crippen molar-refractivity contribution in [2.24, 2.45) is 11.7 Å². The van der Waals surface area contributed by atoms with Gasteiger partial charge in [0.05, 0.1) is 24.9 Å². The third kappa shape index (κ3) is 5.56. The van der Waals surface area contributed by atoms with Gasteiger partial charge in [-0.05, 0) is 31.4 Å². The first kappa shape index (κ1) is 18.9. The minimum absolute atomic E-state index is 0.0678. The van der Waals surface area contributed by atoms with Gasteiger partial charge in [0.2, 0.25) is 0 Å². The van der Waals surface area contributed by atoms with Gasteiger partial charge in [-0.15, -0.1) is 0 Å². The second-order valence-electron chi connectivity index (χ2n) is 6.10. The Morgan fingerprint density at radius 3 is 2.92 bits per heavy atom. The van der Waals surface area contributed by atoms with Gasteiger partial charge >= 0.3 is 0 Å². The summed E-state index contributed by atoms with van der Waals surface area (Å²) < 4.78 is 24.9. The summed E-state index contributed by atoms with van der Waals surface area (Å²) in [6, 6.07) is 4.84. The van der Waals surface area contributed by atoms with Crippen molar-refractivity contribution in [1.82, 2.24) is 5.32 Å². The van der Waals surface area contributed by atoms with Gasteiger partial charge in [0.1, 0.15) is 11.6 Å². The molecule has 1 aliphatic heterocycles. The predicted molar refractivity (Wildman–Crippen MR) is 93.2 cm³/mol. The van der Waals surface area contributed by atoms with Crippen molar-refractivity contribution in [2.45, 2.75) is 25.9 Å². The molecule has 7 heteroatoms. The highest BCUT2D eigenvalue weighted by atomic mass is 19.1. The number of carbonyl (C=O) groups excluding carboxylic acids is 1. The summed E-state index contributed by atoms with van der Waals surface area (Å²) >= 11 is 0. The first-order chi connectivity index (χ1) is 12.0. The number of nitrogens with one attached hydrogen (secondary N) is 2. The minimum atomic E-state index is -0.382. The van der Waals surface area contributed by atoms with E-state index in [1.807, 2.05) is 0 Å². The van der Waals surface area contributed by atoms with E-state index in [1.165, 1.54) is 6.07 Å². The van der Waals surface area contributed by atoms with Crippen LogP contribution in [-0.4, -0.2) is 38.0 Å². The summed E-state index contributed by atoms with van der Waals surface area (Å²) in [6.45, 7) is 3.08. The molecule has 1 aliphatic rings. The van der Waals surface area contributed by atoms with E-state index in [4.69, 9.17) is 20.6 Å². The lowest BCUT2D eigenvalue weighted by molar-refractivity contribution is -0.118. The van der Waals surface area contributed by atoms with Crippen LogP contribution in [-0.2, 0) is 9.53 Å². The van der Waals surface area contributed by atoms with Gasteiger partial charge in [0.25, 0.3) is 5.91 Å². The topological polar surface area (TPSA) is 97.4 Å². The summed E-state index contributed by atoms with van der Waals surface area (Å²) in [5, 5.41) is 9.78. The van der Waals surface area contributed by atoms with E-state index in [-0.39, 0.29) is 29.3 Å². The van der Waals surface area contributed by atoms with Gasteiger partial charge in [-0.2, -0.15) is 0 Å². The molecule has 1 aromatic carbocycles. The van der Waals surface area contributed by atoms with Crippen molar-refractivity contribution in [2.75, 3.05) is 19.8 Å². The van der Waals surface area contributed by atoms with Crippen LogP contribution in [0.5, 0.6) is 5.75 Å². The molecule has 0 spiro atoms. The monoisotopic (exact) mass is 349 g/mol. The number of hydrogen-bond acceptors (Lipinski definition) is 5. The van der Waals surface area contributed by atoms with Crippen molar-refractivity contribution in [3.05, 3.63) is 41.4 Å². The molecule has 4 N–H and O–H groups in total. The van der Waals surface area contributed by atoms with Crippen LogP contribution in [0.4, 0.5) is 4.39 Å². The average Bonchev–Trinajstić information content (AvgIpc) is 2.63. The Morgan fingerprint density at radius 1 is 1.52 bits per heavy atom. The first-order valence-electron chi connectivity index (χ1n) is 8.24. The van der Waals surface area contributed by atoms with Gasteiger partial charge in [0.15, 0.2) is 0 Å². The van der Waals surface area contributed by atoms with E-state index >= 15 is 0 Å². The van der Waals surface area contributed by atoms with Crippen LogP contribution in [0.1, 0.15) is 18.4 Å². The molecule has 25 heavy (non-hydrogen) atoms. The molecule has 1 amide bonds. The average molecular weight is 349 g/mol. The highest BCUT2D eigenvalue weighted by Crippen LogP contribution is 2.21. The van der Waals surface area contributed by atoms with E-state index in [9.17, 15) is 9.18 Å². The molecule has 136 valence electrons. The molecule has 1 fully saturated rings. The number of benzene rings is 1. The minimum Gasteiger partial charge on any atom is -0.493 e. The highest BCUT2D eigenvalue weighted by Gasteiger charge is 2.23. The smallest absolute Gasteiger partial charge is 0.254 e. The third-order valence-corrected chi connectivity index (χ3v) is 4.18. The molecule has 2 unspecified atom stereocenters. The Labute approximate surface area is 146 Å². The van der Waals surface area contributed by atoms with E-state index in [0.29, 0.717) is 31.1 Å². The quantitative estimate of drug-likeness (QED) is 0.517. The number of nitrogens with two attached hydrogens (primary N) is 1. The Morgan fingerprint density at radius 2 is 2.32 bits per heavy atom. The summed E-state index contributed by atoms with van der Waals surface area (Å²) in [7, 11) is 0. The molecule has 0 saturated carbocycles. The molecule has 6 nitrogen and oxygen atoms in total.